The van der Waals surface area contributed by atoms with Crippen LogP contribution in [0.5, 0.6) is 0 Å². The lowest BCUT2D eigenvalue weighted by Crippen LogP contribution is -2.34. The van der Waals surface area contributed by atoms with E-state index in [4.69, 9.17) is 0 Å². The van der Waals surface area contributed by atoms with Gasteiger partial charge in [-0.3, -0.25) is 9.69 Å². The molecule has 1 saturated carbocycles. The van der Waals surface area contributed by atoms with E-state index in [2.05, 4.69) is 26.6 Å². The van der Waals surface area contributed by atoms with Crippen LogP contribution in [-0.4, -0.2) is 25.0 Å². The van der Waals surface area contributed by atoms with E-state index in [1.165, 1.54) is 0 Å². The van der Waals surface area contributed by atoms with Gasteiger partial charge in [-0.1, -0.05) is 28.1 Å². The van der Waals surface area contributed by atoms with Crippen molar-refractivity contribution in [1.29, 1.82) is 0 Å². The second kappa shape index (κ2) is 6.19. The fraction of sp³-hybridized carbons (Fsp3) is 0.263. The molecule has 0 radical (unpaired) electrons. The van der Waals surface area contributed by atoms with Crippen LogP contribution in [-0.2, 0) is 5.54 Å². The number of hydrogen-bond donors (Lipinski definition) is 2. The van der Waals surface area contributed by atoms with Crippen molar-refractivity contribution in [2.24, 2.45) is 0 Å². The average molecular weight is 400 g/mol. The van der Waals surface area contributed by atoms with Crippen LogP contribution in [0.25, 0.3) is 0 Å². The molecule has 3 amide bonds. The molecule has 0 unspecified atom stereocenters. The number of benzene rings is 2. The molecule has 6 heteroatoms. The van der Waals surface area contributed by atoms with Gasteiger partial charge in [-0.15, -0.1) is 0 Å². The Balaban J connectivity index is 1.48. The summed E-state index contributed by atoms with van der Waals surface area (Å²) in [6.07, 6.45) is 1.90. The summed E-state index contributed by atoms with van der Waals surface area (Å²) < 4.78 is 1.03. The molecule has 1 heterocycles. The first-order chi connectivity index (χ1) is 12.1. The summed E-state index contributed by atoms with van der Waals surface area (Å²) in [5, 5.41) is 5.94. The van der Waals surface area contributed by atoms with Gasteiger partial charge < -0.3 is 10.6 Å². The van der Waals surface area contributed by atoms with Gasteiger partial charge in [0.05, 0.1) is 5.54 Å². The Labute approximate surface area is 154 Å². The summed E-state index contributed by atoms with van der Waals surface area (Å²) in [5.74, 6) is -0.0853. The first-order valence-corrected chi connectivity index (χ1v) is 9.11. The van der Waals surface area contributed by atoms with Crippen LogP contribution in [0.2, 0.25) is 0 Å². The molecule has 2 N–H and O–H groups in total. The number of carbonyl (C=O) groups is 2. The van der Waals surface area contributed by atoms with E-state index >= 15 is 0 Å². The highest BCUT2D eigenvalue weighted by Crippen LogP contribution is 2.45. The predicted octanol–water partition coefficient (Wildman–Crippen LogP) is 3.40. The molecule has 25 heavy (non-hydrogen) atoms. The van der Waals surface area contributed by atoms with Crippen LogP contribution in [0.1, 0.15) is 28.8 Å². The smallest absolute Gasteiger partial charge is 0.321 e. The molecule has 0 atom stereocenters. The minimum Gasteiger partial charge on any atom is -0.343 e. The Morgan fingerprint density at radius 1 is 1.08 bits per heavy atom. The molecule has 1 saturated heterocycles. The first kappa shape index (κ1) is 16.1. The van der Waals surface area contributed by atoms with Gasteiger partial charge in [0.25, 0.3) is 5.91 Å². The predicted molar refractivity (Wildman–Crippen MR) is 99.7 cm³/mol. The van der Waals surface area contributed by atoms with Crippen molar-refractivity contribution in [2.45, 2.75) is 18.4 Å². The van der Waals surface area contributed by atoms with Crippen molar-refractivity contribution in [2.75, 3.05) is 18.0 Å². The number of nitrogens with zero attached hydrogens (tertiary/aromatic N) is 1. The van der Waals surface area contributed by atoms with Gasteiger partial charge in [-0.05, 0) is 54.8 Å². The van der Waals surface area contributed by atoms with E-state index in [0.717, 1.165) is 28.6 Å². The zero-order valence-corrected chi connectivity index (χ0v) is 15.2. The van der Waals surface area contributed by atoms with Crippen molar-refractivity contribution in [3.05, 3.63) is 64.1 Å². The molecule has 1 aliphatic carbocycles. The standard InChI is InChI=1S/C19H18BrN3O2/c20-15-5-3-14(4-6-15)19(9-10-19)22-17(24)13-1-7-16(8-2-13)23-12-11-21-18(23)25/h1-8H,9-12H2,(H,21,25)(H,22,24). The van der Waals surface area contributed by atoms with Gasteiger partial charge in [0.1, 0.15) is 0 Å². The SMILES string of the molecule is O=C(NC1(c2ccc(Br)cc2)CC1)c1ccc(N2CCNC2=O)cc1. The van der Waals surface area contributed by atoms with E-state index < -0.39 is 0 Å². The Morgan fingerprint density at radius 3 is 2.32 bits per heavy atom. The molecule has 1 aliphatic heterocycles. The summed E-state index contributed by atoms with van der Waals surface area (Å²) in [6, 6.07) is 15.2. The van der Waals surface area contributed by atoms with Gasteiger partial charge >= 0.3 is 6.03 Å². The monoisotopic (exact) mass is 399 g/mol. The maximum atomic E-state index is 12.6. The topological polar surface area (TPSA) is 61.4 Å². The largest absolute Gasteiger partial charge is 0.343 e. The van der Waals surface area contributed by atoms with Crippen LogP contribution < -0.4 is 15.5 Å². The number of anilines is 1. The Morgan fingerprint density at radius 2 is 1.76 bits per heavy atom. The van der Waals surface area contributed by atoms with E-state index in [9.17, 15) is 9.59 Å². The number of carbonyl (C=O) groups excluding carboxylic acids is 2. The van der Waals surface area contributed by atoms with Crippen molar-refractivity contribution in [3.63, 3.8) is 0 Å². The summed E-state index contributed by atoms with van der Waals surface area (Å²) in [5.41, 5.74) is 2.30. The van der Waals surface area contributed by atoms with Crippen LogP contribution in [0.4, 0.5) is 10.5 Å². The van der Waals surface area contributed by atoms with Crippen molar-refractivity contribution in [3.8, 4) is 0 Å². The van der Waals surface area contributed by atoms with E-state index in [1.54, 1.807) is 17.0 Å². The summed E-state index contributed by atoms with van der Waals surface area (Å²) in [7, 11) is 0. The summed E-state index contributed by atoms with van der Waals surface area (Å²) >= 11 is 3.44. The molecule has 0 spiro atoms. The molecule has 0 aromatic heterocycles. The van der Waals surface area contributed by atoms with Crippen LogP contribution >= 0.6 is 15.9 Å². The normalized spacial score (nSPS) is 18.0. The van der Waals surface area contributed by atoms with E-state index in [1.807, 2.05) is 36.4 Å². The maximum Gasteiger partial charge on any atom is 0.321 e. The number of halogens is 1. The number of amides is 3. The number of hydrogen-bond acceptors (Lipinski definition) is 2. The highest BCUT2D eigenvalue weighted by atomic mass is 79.9. The number of rotatable bonds is 4. The molecule has 4 rings (SSSR count). The minimum atomic E-state index is -0.245. The van der Waals surface area contributed by atoms with Gasteiger partial charge in [0.2, 0.25) is 0 Å². The minimum absolute atomic E-state index is 0.0853. The third kappa shape index (κ3) is 3.14. The van der Waals surface area contributed by atoms with Crippen molar-refractivity contribution >= 4 is 33.6 Å². The summed E-state index contributed by atoms with van der Waals surface area (Å²) in [4.78, 5) is 26.0. The van der Waals surface area contributed by atoms with Crippen molar-refractivity contribution < 1.29 is 9.59 Å². The van der Waals surface area contributed by atoms with Gasteiger partial charge in [0, 0.05) is 28.8 Å². The zero-order valence-electron chi connectivity index (χ0n) is 13.6. The second-order valence-electron chi connectivity index (χ2n) is 6.47. The molecule has 2 aliphatic rings. The van der Waals surface area contributed by atoms with E-state index in [-0.39, 0.29) is 17.5 Å². The second-order valence-corrected chi connectivity index (χ2v) is 7.39. The average Bonchev–Trinajstić information content (AvgIpc) is 3.27. The molecular weight excluding hydrogens is 382 g/mol. The fourth-order valence-electron chi connectivity index (χ4n) is 3.18. The van der Waals surface area contributed by atoms with Gasteiger partial charge in [-0.2, -0.15) is 0 Å². The molecule has 2 fully saturated rings. The van der Waals surface area contributed by atoms with Crippen molar-refractivity contribution in [1.82, 2.24) is 10.6 Å². The fourth-order valence-corrected chi connectivity index (χ4v) is 3.44. The highest BCUT2D eigenvalue weighted by molar-refractivity contribution is 9.10. The number of nitrogens with one attached hydrogen (secondary N) is 2. The highest BCUT2D eigenvalue weighted by Gasteiger charge is 2.45. The third-order valence-electron chi connectivity index (χ3n) is 4.80. The quantitative estimate of drug-likeness (QED) is 0.827. The lowest BCUT2D eigenvalue weighted by atomic mass is 10.0. The Hall–Kier alpha value is -2.34. The van der Waals surface area contributed by atoms with Gasteiger partial charge in [-0.25, -0.2) is 4.79 Å². The van der Waals surface area contributed by atoms with E-state index in [0.29, 0.717) is 18.7 Å². The van der Waals surface area contributed by atoms with Crippen LogP contribution in [0, 0.1) is 0 Å². The molecule has 2 aromatic carbocycles. The lowest BCUT2D eigenvalue weighted by molar-refractivity contribution is 0.0931. The molecule has 2 aromatic rings. The molecule has 5 nitrogen and oxygen atoms in total. The molecule has 0 bridgehead atoms. The van der Waals surface area contributed by atoms with Crippen LogP contribution in [0.3, 0.4) is 0 Å². The Bertz CT molecular complexity index is 814. The van der Waals surface area contributed by atoms with Gasteiger partial charge in [0.15, 0.2) is 0 Å². The first-order valence-electron chi connectivity index (χ1n) is 8.31. The third-order valence-corrected chi connectivity index (χ3v) is 5.33. The van der Waals surface area contributed by atoms with Crippen LogP contribution in [0.15, 0.2) is 53.0 Å². The summed E-state index contributed by atoms with van der Waals surface area (Å²) in [6.45, 7) is 1.30. The zero-order chi connectivity index (χ0) is 17.4. The maximum absolute atomic E-state index is 12.6. The molecule has 128 valence electrons. The lowest BCUT2D eigenvalue weighted by Gasteiger charge is -2.19. The Kier molecular flexibility index (Phi) is 4.00. The molecular formula is C19H18BrN3O2. The number of urea groups is 1.